The van der Waals surface area contributed by atoms with E-state index >= 15 is 0 Å². The summed E-state index contributed by atoms with van der Waals surface area (Å²) in [6.07, 6.45) is 2.36. The van der Waals surface area contributed by atoms with E-state index in [1.54, 1.807) is 21.7 Å². The molecule has 0 aromatic carbocycles. The number of pyridine rings is 1. The number of carbonyl (C=O) groups is 2. The van der Waals surface area contributed by atoms with E-state index in [0.717, 1.165) is 5.52 Å². The van der Waals surface area contributed by atoms with Crippen LogP contribution >= 0.6 is 0 Å². The first-order valence-electron chi connectivity index (χ1n) is 7.51. The van der Waals surface area contributed by atoms with Crippen LogP contribution < -0.4 is 0 Å². The lowest BCUT2D eigenvalue weighted by atomic mass is 10.1. The Morgan fingerprint density at radius 3 is 2.78 bits per heavy atom. The normalized spacial score (nSPS) is 21.1. The summed E-state index contributed by atoms with van der Waals surface area (Å²) >= 11 is 0. The van der Waals surface area contributed by atoms with E-state index in [-0.39, 0.29) is 17.9 Å². The predicted molar refractivity (Wildman–Crippen MR) is 84.1 cm³/mol. The largest absolute Gasteiger partial charge is 0.467 e. The van der Waals surface area contributed by atoms with Crippen molar-refractivity contribution in [3.63, 3.8) is 0 Å². The maximum Gasteiger partial charge on any atom is 0.328 e. The second-order valence-corrected chi connectivity index (χ2v) is 5.95. The third-order valence-corrected chi connectivity index (χ3v) is 4.33. The Balaban J connectivity index is 1.90. The van der Waals surface area contributed by atoms with Crippen LogP contribution in [0.25, 0.3) is 5.52 Å². The molecule has 0 saturated carbocycles. The molecule has 122 valence electrons. The third kappa shape index (κ3) is 2.79. The van der Waals surface area contributed by atoms with Crippen molar-refractivity contribution in [3.8, 4) is 0 Å². The fraction of sp³-hybridized carbons (Fsp3) is 0.438. The van der Waals surface area contributed by atoms with Gasteiger partial charge in [-0.2, -0.15) is 5.10 Å². The molecule has 7 nitrogen and oxygen atoms in total. The van der Waals surface area contributed by atoms with Crippen LogP contribution in [-0.2, 0) is 9.53 Å². The fourth-order valence-electron chi connectivity index (χ4n) is 2.96. The zero-order valence-electron chi connectivity index (χ0n) is 13.5. The number of aromatic nitrogens is 2. The number of likely N-dealkylation sites (N-methyl/N-ethyl adjacent to an activating group) is 1. The molecule has 2 aromatic heterocycles. The zero-order valence-corrected chi connectivity index (χ0v) is 13.5. The monoisotopic (exact) mass is 316 g/mol. The van der Waals surface area contributed by atoms with Crippen LogP contribution in [0.1, 0.15) is 16.9 Å². The van der Waals surface area contributed by atoms with E-state index in [9.17, 15) is 9.59 Å². The highest BCUT2D eigenvalue weighted by molar-refractivity contribution is 5.96. The summed E-state index contributed by atoms with van der Waals surface area (Å²) in [6.45, 7) is 0.486. The van der Waals surface area contributed by atoms with Crippen LogP contribution in [0.3, 0.4) is 0 Å². The van der Waals surface area contributed by atoms with Gasteiger partial charge in [-0.05, 0) is 38.7 Å². The topological polar surface area (TPSA) is 67.2 Å². The smallest absolute Gasteiger partial charge is 0.328 e. The first kappa shape index (κ1) is 15.5. The van der Waals surface area contributed by atoms with Crippen LogP contribution in [0.4, 0.5) is 0 Å². The van der Waals surface area contributed by atoms with Gasteiger partial charge in [-0.1, -0.05) is 6.07 Å². The summed E-state index contributed by atoms with van der Waals surface area (Å²) in [6, 6.07) is 6.92. The summed E-state index contributed by atoms with van der Waals surface area (Å²) in [4.78, 5) is 28.5. The number of esters is 1. The number of hydrogen-bond acceptors (Lipinski definition) is 5. The second kappa shape index (κ2) is 6.00. The van der Waals surface area contributed by atoms with Gasteiger partial charge in [-0.3, -0.25) is 4.79 Å². The van der Waals surface area contributed by atoms with E-state index in [1.807, 2.05) is 37.2 Å². The molecule has 0 bridgehead atoms. The highest BCUT2D eigenvalue weighted by Crippen LogP contribution is 2.24. The molecule has 1 saturated heterocycles. The number of carbonyl (C=O) groups excluding carboxylic acids is 2. The Morgan fingerprint density at radius 2 is 2.13 bits per heavy atom. The van der Waals surface area contributed by atoms with E-state index < -0.39 is 6.04 Å². The number of fused-ring (bicyclic) bond motifs is 1. The lowest BCUT2D eigenvalue weighted by molar-refractivity contribution is -0.145. The molecule has 0 radical (unpaired) electrons. The first-order valence-corrected chi connectivity index (χ1v) is 7.51. The molecule has 1 aliphatic rings. The number of methoxy groups -OCH3 is 1. The van der Waals surface area contributed by atoms with Gasteiger partial charge in [0.2, 0.25) is 0 Å². The van der Waals surface area contributed by atoms with Crippen LogP contribution in [0.5, 0.6) is 0 Å². The van der Waals surface area contributed by atoms with Gasteiger partial charge in [0, 0.05) is 18.8 Å². The average molecular weight is 316 g/mol. The molecule has 3 rings (SSSR count). The average Bonchev–Trinajstić information content (AvgIpc) is 3.17. The summed E-state index contributed by atoms with van der Waals surface area (Å²) in [7, 11) is 5.23. The molecule has 1 fully saturated rings. The molecule has 0 unspecified atom stereocenters. The fourth-order valence-corrected chi connectivity index (χ4v) is 2.96. The van der Waals surface area contributed by atoms with Gasteiger partial charge in [0.25, 0.3) is 5.91 Å². The molecule has 0 N–H and O–H groups in total. The van der Waals surface area contributed by atoms with Crippen LogP contribution in [0.15, 0.2) is 30.5 Å². The summed E-state index contributed by atoms with van der Waals surface area (Å²) < 4.78 is 6.51. The van der Waals surface area contributed by atoms with Gasteiger partial charge >= 0.3 is 5.97 Å². The zero-order chi connectivity index (χ0) is 16.6. The minimum Gasteiger partial charge on any atom is -0.467 e. The van der Waals surface area contributed by atoms with Crippen LogP contribution in [-0.4, -0.2) is 71.1 Å². The molecular formula is C16H20N4O3. The standard InChI is InChI=1S/C16H20N4O3/c1-18(2)12-9-14(16(22)23-3)19(10-12)15(21)13-8-11-6-4-5-7-20(11)17-13/h4-8,12,14H,9-10H2,1-3H3/t12-,14+/m1/s1. The number of rotatable bonds is 3. The van der Waals surface area contributed by atoms with Gasteiger partial charge in [-0.15, -0.1) is 0 Å². The summed E-state index contributed by atoms with van der Waals surface area (Å²) in [5, 5.41) is 4.31. The molecule has 3 heterocycles. The van der Waals surface area contributed by atoms with Crippen molar-refractivity contribution >= 4 is 17.4 Å². The van der Waals surface area contributed by atoms with Gasteiger partial charge in [0.1, 0.15) is 6.04 Å². The lowest BCUT2D eigenvalue weighted by Gasteiger charge is -2.22. The van der Waals surface area contributed by atoms with E-state index in [4.69, 9.17) is 4.74 Å². The number of nitrogens with zero attached hydrogens (tertiary/aromatic N) is 4. The molecule has 0 spiro atoms. The number of ether oxygens (including phenoxy) is 1. The van der Waals surface area contributed by atoms with Gasteiger partial charge in [0.15, 0.2) is 5.69 Å². The Hall–Kier alpha value is -2.41. The van der Waals surface area contributed by atoms with Gasteiger partial charge in [0.05, 0.1) is 12.6 Å². The number of hydrogen-bond donors (Lipinski definition) is 0. The highest BCUT2D eigenvalue weighted by Gasteiger charge is 2.41. The third-order valence-electron chi connectivity index (χ3n) is 4.33. The highest BCUT2D eigenvalue weighted by atomic mass is 16.5. The van der Waals surface area contributed by atoms with Crippen molar-refractivity contribution in [1.29, 1.82) is 0 Å². The molecule has 7 heteroatoms. The maximum absolute atomic E-state index is 12.8. The second-order valence-electron chi connectivity index (χ2n) is 5.95. The lowest BCUT2D eigenvalue weighted by Crippen LogP contribution is -2.41. The summed E-state index contributed by atoms with van der Waals surface area (Å²) in [5.41, 5.74) is 1.18. The van der Waals surface area contributed by atoms with E-state index in [0.29, 0.717) is 18.7 Å². The summed E-state index contributed by atoms with van der Waals surface area (Å²) in [5.74, 6) is -0.625. The Bertz CT molecular complexity index is 707. The Kier molecular flexibility index (Phi) is 4.04. The SMILES string of the molecule is COC(=O)[C@@H]1C[C@@H](N(C)C)CN1C(=O)c1cc2ccccn2n1. The van der Waals surface area contributed by atoms with E-state index in [1.165, 1.54) is 7.11 Å². The predicted octanol–water partition coefficient (Wildman–Crippen LogP) is 0.652. The van der Waals surface area contributed by atoms with Crippen LogP contribution in [0.2, 0.25) is 0 Å². The van der Waals surface area contributed by atoms with Crippen molar-refractivity contribution in [2.45, 2.75) is 18.5 Å². The Labute approximate surface area is 134 Å². The molecule has 23 heavy (non-hydrogen) atoms. The van der Waals surface area contributed by atoms with Crippen molar-refractivity contribution in [2.75, 3.05) is 27.7 Å². The van der Waals surface area contributed by atoms with E-state index in [2.05, 4.69) is 5.10 Å². The molecule has 2 aromatic rings. The van der Waals surface area contributed by atoms with Crippen molar-refractivity contribution in [3.05, 3.63) is 36.2 Å². The number of amides is 1. The Morgan fingerprint density at radius 1 is 1.35 bits per heavy atom. The minimum absolute atomic E-state index is 0.125. The van der Waals surface area contributed by atoms with Crippen molar-refractivity contribution in [1.82, 2.24) is 19.4 Å². The molecular weight excluding hydrogens is 296 g/mol. The molecule has 1 amide bonds. The first-order chi connectivity index (χ1) is 11.0. The quantitative estimate of drug-likeness (QED) is 0.778. The van der Waals surface area contributed by atoms with Crippen molar-refractivity contribution < 1.29 is 14.3 Å². The molecule has 0 aliphatic carbocycles. The van der Waals surface area contributed by atoms with Crippen molar-refractivity contribution in [2.24, 2.45) is 0 Å². The number of likely N-dealkylation sites (tertiary alicyclic amines) is 1. The van der Waals surface area contributed by atoms with Gasteiger partial charge in [-0.25, -0.2) is 9.31 Å². The molecule has 2 atom stereocenters. The molecule has 1 aliphatic heterocycles. The minimum atomic E-state index is -0.565. The maximum atomic E-state index is 12.8. The van der Waals surface area contributed by atoms with Crippen LogP contribution in [0, 0.1) is 0 Å². The van der Waals surface area contributed by atoms with Gasteiger partial charge < -0.3 is 14.5 Å².